The van der Waals surface area contributed by atoms with E-state index in [0.717, 1.165) is 13.1 Å². The zero-order valence-electron chi connectivity index (χ0n) is 11.1. The van der Waals surface area contributed by atoms with Crippen LogP contribution in [0.4, 0.5) is 0 Å². The molecule has 0 aliphatic carbocycles. The van der Waals surface area contributed by atoms with Gasteiger partial charge in [-0.05, 0) is 24.1 Å². The van der Waals surface area contributed by atoms with Gasteiger partial charge in [-0.1, -0.05) is 30.3 Å². The van der Waals surface area contributed by atoms with Gasteiger partial charge < -0.3 is 10.2 Å². The van der Waals surface area contributed by atoms with Gasteiger partial charge in [0, 0.05) is 42.5 Å². The van der Waals surface area contributed by atoms with E-state index >= 15 is 0 Å². The summed E-state index contributed by atoms with van der Waals surface area (Å²) in [7, 11) is 0. The zero-order chi connectivity index (χ0) is 12.9. The van der Waals surface area contributed by atoms with E-state index < -0.39 is 0 Å². The number of rotatable bonds is 4. The summed E-state index contributed by atoms with van der Waals surface area (Å²) in [6.45, 7) is 5.85. The number of nitrogens with one attached hydrogen (secondary N) is 1. The number of piperazine rings is 1. The summed E-state index contributed by atoms with van der Waals surface area (Å²) in [5.41, 5.74) is 1.33. The molecular formula is C16H20N2S. The summed E-state index contributed by atoms with van der Waals surface area (Å²) in [5.74, 6) is 0. The molecule has 2 heterocycles. The molecule has 0 amide bonds. The largest absolute Gasteiger partial charge is 0.314 e. The summed E-state index contributed by atoms with van der Waals surface area (Å²) in [4.78, 5) is 5.44. The van der Waals surface area contributed by atoms with Crippen molar-refractivity contribution in [2.75, 3.05) is 32.7 Å². The quantitative estimate of drug-likeness (QED) is 0.920. The monoisotopic (exact) mass is 272 g/mol. The van der Waals surface area contributed by atoms with Crippen LogP contribution in [0.25, 0.3) is 10.4 Å². The van der Waals surface area contributed by atoms with E-state index in [2.05, 4.69) is 52.7 Å². The SMILES string of the molecule is c1ccc(-c2ccc(CCN3CCNCC3)s2)cc1. The number of benzene rings is 1. The summed E-state index contributed by atoms with van der Waals surface area (Å²) in [5, 5.41) is 3.40. The summed E-state index contributed by atoms with van der Waals surface area (Å²) < 4.78 is 0. The lowest BCUT2D eigenvalue weighted by atomic mass is 10.2. The third kappa shape index (κ3) is 3.44. The molecule has 1 saturated heterocycles. The van der Waals surface area contributed by atoms with Crippen molar-refractivity contribution in [1.29, 1.82) is 0 Å². The first-order valence-corrected chi connectivity index (χ1v) is 7.81. The first-order chi connectivity index (χ1) is 9.42. The molecule has 1 aromatic carbocycles. The smallest absolute Gasteiger partial charge is 0.0345 e. The minimum absolute atomic E-state index is 1.14. The van der Waals surface area contributed by atoms with E-state index in [0.29, 0.717) is 0 Å². The maximum absolute atomic E-state index is 3.40. The molecule has 0 unspecified atom stereocenters. The fourth-order valence-corrected chi connectivity index (χ4v) is 3.47. The molecule has 0 atom stereocenters. The Bertz CT molecular complexity index is 500. The molecule has 100 valence electrons. The van der Waals surface area contributed by atoms with Gasteiger partial charge >= 0.3 is 0 Å². The lowest BCUT2D eigenvalue weighted by molar-refractivity contribution is 0.244. The average molecular weight is 272 g/mol. The van der Waals surface area contributed by atoms with Crippen LogP contribution < -0.4 is 5.32 Å². The molecule has 2 aromatic rings. The highest BCUT2D eigenvalue weighted by Crippen LogP contribution is 2.28. The van der Waals surface area contributed by atoms with E-state index in [4.69, 9.17) is 0 Å². The van der Waals surface area contributed by atoms with Gasteiger partial charge in [0.05, 0.1) is 0 Å². The lowest BCUT2D eigenvalue weighted by Gasteiger charge is -2.26. The van der Waals surface area contributed by atoms with Crippen LogP contribution in [0.3, 0.4) is 0 Å². The molecule has 0 spiro atoms. The van der Waals surface area contributed by atoms with Gasteiger partial charge in [-0.2, -0.15) is 0 Å². The Morgan fingerprint density at radius 1 is 1.00 bits per heavy atom. The molecule has 1 aliphatic rings. The van der Waals surface area contributed by atoms with E-state index in [1.165, 1.54) is 41.4 Å². The predicted molar refractivity (Wildman–Crippen MR) is 82.8 cm³/mol. The van der Waals surface area contributed by atoms with Crippen molar-refractivity contribution in [1.82, 2.24) is 10.2 Å². The second-order valence-electron chi connectivity index (χ2n) is 4.97. The van der Waals surface area contributed by atoms with Gasteiger partial charge in [0.1, 0.15) is 0 Å². The van der Waals surface area contributed by atoms with E-state index in [-0.39, 0.29) is 0 Å². The van der Waals surface area contributed by atoms with Crippen molar-refractivity contribution in [2.24, 2.45) is 0 Å². The third-order valence-corrected chi connectivity index (χ3v) is 4.80. The minimum Gasteiger partial charge on any atom is -0.314 e. The molecule has 0 bridgehead atoms. The van der Waals surface area contributed by atoms with E-state index in [1.807, 2.05) is 11.3 Å². The summed E-state index contributed by atoms with van der Waals surface area (Å²) in [6, 6.07) is 15.2. The normalized spacial score (nSPS) is 16.6. The van der Waals surface area contributed by atoms with Crippen LogP contribution in [0, 0.1) is 0 Å². The van der Waals surface area contributed by atoms with Gasteiger partial charge in [-0.15, -0.1) is 11.3 Å². The van der Waals surface area contributed by atoms with Crippen molar-refractivity contribution < 1.29 is 0 Å². The highest BCUT2D eigenvalue weighted by atomic mass is 32.1. The maximum atomic E-state index is 3.40. The van der Waals surface area contributed by atoms with Crippen LogP contribution >= 0.6 is 11.3 Å². The van der Waals surface area contributed by atoms with Gasteiger partial charge in [-0.3, -0.25) is 0 Å². The van der Waals surface area contributed by atoms with Crippen LogP contribution in [-0.2, 0) is 6.42 Å². The number of nitrogens with zero attached hydrogens (tertiary/aromatic N) is 1. The fourth-order valence-electron chi connectivity index (χ4n) is 2.47. The second kappa shape index (κ2) is 6.33. The van der Waals surface area contributed by atoms with Crippen LogP contribution in [-0.4, -0.2) is 37.6 Å². The standard InChI is InChI=1S/C16H20N2S/c1-2-4-14(5-3-1)16-7-6-15(19-16)8-11-18-12-9-17-10-13-18/h1-7,17H,8-13H2. The summed E-state index contributed by atoms with van der Waals surface area (Å²) >= 11 is 1.93. The van der Waals surface area contributed by atoms with Crippen molar-refractivity contribution in [2.45, 2.75) is 6.42 Å². The molecular weight excluding hydrogens is 252 g/mol. The molecule has 0 radical (unpaired) electrons. The molecule has 19 heavy (non-hydrogen) atoms. The Morgan fingerprint density at radius 2 is 1.79 bits per heavy atom. The molecule has 1 aromatic heterocycles. The maximum Gasteiger partial charge on any atom is 0.0345 e. The molecule has 1 N–H and O–H groups in total. The predicted octanol–water partition coefficient (Wildman–Crippen LogP) is 2.86. The number of thiophene rings is 1. The van der Waals surface area contributed by atoms with Crippen LogP contribution in [0.15, 0.2) is 42.5 Å². The average Bonchev–Trinajstić information content (AvgIpc) is 2.96. The summed E-state index contributed by atoms with van der Waals surface area (Å²) in [6.07, 6.45) is 1.18. The van der Waals surface area contributed by atoms with Gasteiger partial charge in [0.2, 0.25) is 0 Å². The van der Waals surface area contributed by atoms with Crippen LogP contribution in [0.5, 0.6) is 0 Å². The first kappa shape index (κ1) is 12.9. The Balaban J connectivity index is 1.59. The zero-order valence-corrected chi connectivity index (χ0v) is 12.0. The van der Waals surface area contributed by atoms with Crippen molar-refractivity contribution in [3.8, 4) is 10.4 Å². The van der Waals surface area contributed by atoms with Gasteiger partial charge in [0.15, 0.2) is 0 Å². The molecule has 0 saturated carbocycles. The van der Waals surface area contributed by atoms with E-state index in [1.54, 1.807) is 0 Å². The number of hydrogen-bond donors (Lipinski definition) is 1. The Morgan fingerprint density at radius 3 is 2.58 bits per heavy atom. The molecule has 3 rings (SSSR count). The van der Waals surface area contributed by atoms with Gasteiger partial charge in [0.25, 0.3) is 0 Å². The number of hydrogen-bond acceptors (Lipinski definition) is 3. The molecule has 1 fully saturated rings. The molecule has 1 aliphatic heterocycles. The lowest BCUT2D eigenvalue weighted by Crippen LogP contribution is -2.44. The highest BCUT2D eigenvalue weighted by Gasteiger charge is 2.10. The Hall–Kier alpha value is -1.16. The topological polar surface area (TPSA) is 15.3 Å². The van der Waals surface area contributed by atoms with Gasteiger partial charge in [-0.25, -0.2) is 0 Å². The Kier molecular flexibility index (Phi) is 4.28. The van der Waals surface area contributed by atoms with Crippen molar-refractivity contribution >= 4 is 11.3 Å². The first-order valence-electron chi connectivity index (χ1n) is 6.99. The van der Waals surface area contributed by atoms with Crippen LogP contribution in [0.1, 0.15) is 4.88 Å². The van der Waals surface area contributed by atoms with Crippen molar-refractivity contribution in [3.63, 3.8) is 0 Å². The highest BCUT2D eigenvalue weighted by molar-refractivity contribution is 7.15. The minimum atomic E-state index is 1.14. The van der Waals surface area contributed by atoms with Crippen molar-refractivity contribution in [3.05, 3.63) is 47.3 Å². The fraction of sp³-hybridized carbons (Fsp3) is 0.375. The van der Waals surface area contributed by atoms with E-state index in [9.17, 15) is 0 Å². The Labute approximate surface area is 119 Å². The molecule has 3 heteroatoms. The third-order valence-electron chi connectivity index (χ3n) is 3.60. The molecule has 2 nitrogen and oxygen atoms in total. The van der Waals surface area contributed by atoms with Crippen LogP contribution in [0.2, 0.25) is 0 Å². The second-order valence-corrected chi connectivity index (χ2v) is 6.14.